The maximum absolute atomic E-state index is 11.7. The third-order valence-electron chi connectivity index (χ3n) is 3.37. The Morgan fingerprint density at radius 3 is 3.07 bits per heavy atom. The lowest BCUT2D eigenvalue weighted by molar-refractivity contribution is 0.305. The topological polar surface area (TPSA) is 66.1 Å². The highest BCUT2D eigenvalue weighted by Gasteiger charge is 2.45. The summed E-state index contributed by atoms with van der Waals surface area (Å²) in [5.74, 6) is 0. The van der Waals surface area contributed by atoms with Crippen LogP contribution in [0.4, 0.5) is 0 Å². The van der Waals surface area contributed by atoms with Gasteiger partial charge in [-0.05, 0) is 12.8 Å². The van der Waals surface area contributed by atoms with Crippen LogP contribution in [0.3, 0.4) is 0 Å². The molecule has 0 spiro atoms. The van der Waals surface area contributed by atoms with Gasteiger partial charge >= 0.3 is 0 Å². The molecular weight excluding hydrogens is 214 g/mol. The Morgan fingerprint density at radius 2 is 2.33 bits per heavy atom. The molecule has 1 saturated heterocycles. The number of aromatic amines is 1. The van der Waals surface area contributed by atoms with Crippen LogP contribution >= 0.6 is 0 Å². The molecule has 2 aliphatic heterocycles. The standard InChI is InChI=1S/C9H13N3O2S/c1-15(13,14)12-6-2-3-9(12)7-5-10-11-8(7)4-6/h5-6,9H,2-4H2,1H3,(H,10,11). The van der Waals surface area contributed by atoms with Gasteiger partial charge in [0.1, 0.15) is 0 Å². The molecule has 3 rings (SSSR count). The van der Waals surface area contributed by atoms with E-state index >= 15 is 0 Å². The van der Waals surface area contributed by atoms with Crippen molar-refractivity contribution in [3.63, 3.8) is 0 Å². The van der Waals surface area contributed by atoms with Crippen LogP contribution in [0.1, 0.15) is 30.1 Å². The minimum absolute atomic E-state index is 0.0208. The van der Waals surface area contributed by atoms with E-state index in [9.17, 15) is 8.42 Å². The van der Waals surface area contributed by atoms with Crippen molar-refractivity contribution in [3.8, 4) is 0 Å². The molecule has 0 saturated carbocycles. The van der Waals surface area contributed by atoms with Gasteiger partial charge in [-0.1, -0.05) is 0 Å². The summed E-state index contributed by atoms with van der Waals surface area (Å²) in [5.41, 5.74) is 2.18. The number of fused-ring (bicyclic) bond motifs is 4. The number of nitrogens with one attached hydrogen (secondary N) is 1. The van der Waals surface area contributed by atoms with Crippen molar-refractivity contribution >= 4 is 10.0 Å². The highest BCUT2D eigenvalue weighted by atomic mass is 32.2. The average Bonchev–Trinajstić information content (AvgIpc) is 2.69. The quantitative estimate of drug-likeness (QED) is 0.756. The van der Waals surface area contributed by atoms with Crippen LogP contribution < -0.4 is 0 Å². The molecule has 1 fully saturated rings. The Bertz CT molecular complexity index is 493. The number of nitrogens with zero attached hydrogens (tertiary/aromatic N) is 2. The fourth-order valence-electron chi connectivity index (χ4n) is 2.85. The summed E-state index contributed by atoms with van der Waals surface area (Å²) >= 11 is 0. The number of H-pyrrole nitrogens is 1. The minimum Gasteiger partial charge on any atom is -0.282 e. The zero-order valence-electron chi connectivity index (χ0n) is 8.47. The molecule has 15 heavy (non-hydrogen) atoms. The Balaban J connectivity index is 2.11. The number of rotatable bonds is 1. The molecule has 6 heteroatoms. The van der Waals surface area contributed by atoms with Gasteiger partial charge in [0.15, 0.2) is 0 Å². The van der Waals surface area contributed by atoms with Gasteiger partial charge in [0, 0.05) is 23.7 Å². The zero-order chi connectivity index (χ0) is 10.6. The Labute approximate surface area is 88.5 Å². The second-order valence-corrected chi connectivity index (χ2v) is 6.24. The van der Waals surface area contributed by atoms with Gasteiger partial charge in [-0.2, -0.15) is 9.40 Å². The molecule has 0 radical (unpaired) electrons. The zero-order valence-corrected chi connectivity index (χ0v) is 9.29. The van der Waals surface area contributed by atoms with Crippen LogP contribution in [0.5, 0.6) is 0 Å². The lowest BCUT2D eigenvalue weighted by atomic mass is 10.0. The van der Waals surface area contributed by atoms with Gasteiger partial charge in [0.05, 0.1) is 18.5 Å². The van der Waals surface area contributed by atoms with Crippen molar-refractivity contribution in [2.45, 2.75) is 31.3 Å². The average molecular weight is 227 g/mol. The largest absolute Gasteiger partial charge is 0.282 e. The second kappa shape index (κ2) is 2.82. The van der Waals surface area contributed by atoms with Gasteiger partial charge in [-0.3, -0.25) is 5.10 Å². The summed E-state index contributed by atoms with van der Waals surface area (Å²) in [6.07, 6.45) is 5.71. The molecule has 2 atom stereocenters. The monoisotopic (exact) mass is 227 g/mol. The van der Waals surface area contributed by atoms with Crippen molar-refractivity contribution in [1.29, 1.82) is 0 Å². The van der Waals surface area contributed by atoms with Gasteiger partial charge in [0.25, 0.3) is 0 Å². The SMILES string of the molecule is CS(=O)(=O)N1C2CCC1c1cn[nH]c1C2. The molecule has 3 heterocycles. The molecule has 0 aliphatic carbocycles. The molecule has 2 bridgehead atoms. The van der Waals surface area contributed by atoms with Crippen LogP contribution in [-0.2, 0) is 16.4 Å². The first-order chi connectivity index (χ1) is 7.07. The first-order valence-corrected chi connectivity index (χ1v) is 6.93. The highest BCUT2D eigenvalue weighted by molar-refractivity contribution is 7.88. The highest BCUT2D eigenvalue weighted by Crippen LogP contribution is 2.44. The predicted octanol–water partition coefficient (Wildman–Crippen LogP) is 0.431. The number of aromatic nitrogens is 2. The predicted molar refractivity (Wildman–Crippen MR) is 54.7 cm³/mol. The van der Waals surface area contributed by atoms with Crippen molar-refractivity contribution in [2.75, 3.05) is 6.26 Å². The smallest absolute Gasteiger partial charge is 0.212 e. The molecule has 2 unspecified atom stereocenters. The van der Waals surface area contributed by atoms with E-state index in [1.165, 1.54) is 6.26 Å². The maximum Gasteiger partial charge on any atom is 0.212 e. The van der Waals surface area contributed by atoms with E-state index in [-0.39, 0.29) is 12.1 Å². The number of hydrogen-bond acceptors (Lipinski definition) is 3. The van der Waals surface area contributed by atoms with Crippen molar-refractivity contribution in [3.05, 3.63) is 17.5 Å². The van der Waals surface area contributed by atoms with Gasteiger partial charge < -0.3 is 0 Å². The molecule has 1 aromatic rings. The fourth-order valence-corrected chi connectivity index (χ4v) is 4.26. The van der Waals surface area contributed by atoms with E-state index in [1.807, 2.05) is 0 Å². The summed E-state index contributed by atoms with van der Waals surface area (Å²) in [7, 11) is -3.09. The minimum atomic E-state index is -3.09. The summed E-state index contributed by atoms with van der Waals surface area (Å²) in [6, 6.07) is 0.158. The summed E-state index contributed by atoms with van der Waals surface area (Å²) in [5, 5.41) is 6.95. The van der Waals surface area contributed by atoms with Crippen LogP contribution in [0.2, 0.25) is 0 Å². The number of sulfonamides is 1. The first-order valence-electron chi connectivity index (χ1n) is 5.08. The molecular formula is C9H13N3O2S. The summed E-state index contributed by atoms with van der Waals surface area (Å²) in [4.78, 5) is 0. The van der Waals surface area contributed by atoms with Crippen molar-refractivity contribution in [1.82, 2.24) is 14.5 Å². The maximum atomic E-state index is 11.7. The Kier molecular flexibility index (Phi) is 1.76. The van der Waals surface area contributed by atoms with Crippen molar-refractivity contribution in [2.24, 2.45) is 0 Å². The van der Waals surface area contributed by atoms with E-state index < -0.39 is 10.0 Å². The lowest BCUT2D eigenvalue weighted by Crippen LogP contribution is -2.40. The van der Waals surface area contributed by atoms with E-state index in [2.05, 4.69) is 10.2 Å². The van der Waals surface area contributed by atoms with E-state index in [1.54, 1.807) is 10.5 Å². The van der Waals surface area contributed by atoms with Crippen molar-refractivity contribution < 1.29 is 8.42 Å². The van der Waals surface area contributed by atoms with Crippen LogP contribution in [0.15, 0.2) is 6.20 Å². The summed E-state index contributed by atoms with van der Waals surface area (Å²) < 4.78 is 25.0. The molecule has 1 aromatic heterocycles. The normalized spacial score (nSPS) is 30.5. The molecule has 2 aliphatic rings. The second-order valence-electron chi connectivity index (χ2n) is 4.35. The molecule has 82 valence electrons. The van der Waals surface area contributed by atoms with Crippen LogP contribution in [-0.4, -0.2) is 35.2 Å². The molecule has 0 amide bonds. The van der Waals surface area contributed by atoms with E-state index in [0.29, 0.717) is 0 Å². The van der Waals surface area contributed by atoms with Crippen LogP contribution in [0, 0.1) is 0 Å². The molecule has 5 nitrogen and oxygen atoms in total. The van der Waals surface area contributed by atoms with Gasteiger partial charge in [0.2, 0.25) is 10.0 Å². The Hall–Kier alpha value is -0.880. The van der Waals surface area contributed by atoms with Gasteiger partial charge in [-0.25, -0.2) is 8.42 Å². The van der Waals surface area contributed by atoms with E-state index in [4.69, 9.17) is 0 Å². The Morgan fingerprint density at radius 1 is 1.53 bits per heavy atom. The number of hydrogen-bond donors (Lipinski definition) is 1. The van der Waals surface area contributed by atoms with Crippen LogP contribution in [0.25, 0.3) is 0 Å². The summed E-state index contributed by atoms with van der Waals surface area (Å²) in [6.45, 7) is 0. The fraction of sp³-hybridized carbons (Fsp3) is 0.667. The van der Waals surface area contributed by atoms with Gasteiger partial charge in [-0.15, -0.1) is 0 Å². The molecule has 1 N–H and O–H groups in total. The third kappa shape index (κ3) is 1.24. The lowest BCUT2D eigenvalue weighted by Gasteiger charge is -2.31. The third-order valence-corrected chi connectivity index (χ3v) is 4.69. The molecule has 0 aromatic carbocycles. The first kappa shape index (κ1) is 9.35. The van der Waals surface area contributed by atoms with E-state index in [0.717, 1.165) is 30.5 Å².